The second-order valence-corrected chi connectivity index (χ2v) is 14.4. The average Bonchev–Trinajstić information content (AvgIpc) is 2.86. The molecule has 200 valence electrons. The molecule has 0 radical (unpaired) electrons. The lowest BCUT2D eigenvalue weighted by Crippen LogP contribution is -2.20. The van der Waals surface area contributed by atoms with Gasteiger partial charge in [0.05, 0.1) is 12.3 Å². The fourth-order valence-electron chi connectivity index (χ4n) is 5.55. The molecule has 0 amide bonds. The van der Waals surface area contributed by atoms with Crippen LogP contribution in [0.1, 0.15) is 96.5 Å². The van der Waals surface area contributed by atoms with Crippen LogP contribution in [0.25, 0.3) is 11.1 Å². The quantitative estimate of drug-likeness (QED) is 0.179. The molecular formula is C31H45F3OSi. The molecule has 0 spiro atoms. The first-order chi connectivity index (χ1) is 17.4. The van der Waals surface area contributed by atoms with Crippen LogP contribution in [0.3, 0.4) is 0 Å². The molecule has 1 heterocycles. The third kappa shape index (κ3) is 8.97. The van der Waals surface area contributed by atoms with Crippen molar-refractivity contribution in [3.8, 4) is 16.9 Å². The number of hydrogen-bond acceptors (Lipinski definition) is 1. The summed E-state index contributed by atoms with van der Waals surface area (Å²) in [7, 11) is -0.707. The highest BCUT2D eigenvalue weighted by molar-refractivity contribution is 6.59. The van der Waals surface area contributed by atoms with Gasteiger partial charge in [0, 0.05) is 8.80 Å². The summed E-state index contributed by atoms with van der Waals surface area (Å²) in [4.78, 5) is 0. The Morgan fingerprint density at radius 2 is 1.50 bits per heavy atom. The SMILES string of the molecule is CCCCCCCC(C)Oc1c(F)cc(-c2ccc(C3CC[SiH](CCCC(C)F)CC3)cc2)cc1F. The fourth-order valence-corrected chi connectivity index (χ4v) is 8.98. The maximum Gasteiger partial charge on any atom is 0.191 e. The van der Waals surface area contributed by atoms with Gasteiger partial charge in [-0.25, -0.2) is 13.2 Å². The maximum atomic E-state index is 14.8. The molecule has 0 N–H and O–H groups in total. The standard InChI is InChI=1S/C31H45F3OSi/c1-4-5-6-7-8-11-24(3)35-31-29(33)21-28(22-30(31)34)26-14-12-25(13-15-26)27-16-19-36(20-17-27)18-9-10-23(2)32/h12-15,21-24,27,36H,4-11,16-20H2,1-3H3. The molecule has 2 atom stereocenters. The van der Waals surface area contributed by atoms with Crippen LogP contribution < -0.4 is 4.74 Å². The van der Waals surface area contributed by atoms with E-state index in [0.717, 1.165) is 31.2 Å². The van der Waals surface area contributed by atoms with Crippen molar-refractivity contribution in [3.05, 3.63) is 53.6 Å². The number of benzene rings is 2. The Bertz CT molecular complexity index is 884. The molecule has 5 heteroatoms. The van der Waals surface area contributed by atoms with Crippen molar-refractivity contribution >= 4 is 8.80 Å². The molecule has 1 aliphatic rings. The molecule has 2 unspecified atom stereocenters. The average molecular weight is 519 g/mol. The highest BCUT2D eigenvalue weighted by atomic mass is 28.3. The smallest absolute Gasteiger partial charge is 0.191 e. The third-order valence-electron chi connectivity index (χ3n) is 7.81. The van der Waals surface area contributed by atoms with Crippen molar-refractivity contribution in [2.75, 3.05) is 0 Å². The van der Waals surface area contributed by atoms with Gasteiger partial charge in [0.25, 0.3) is 0 Å². The van der Waals surface area contributed by atoms with E-state index in [9.17, 15) is 13.2 Å². The van der Waals surface area contributed by atoms with E-state index < -0.39 is 26.6 Å². The van der Waals surface area contributed by atoms with E-state index in [1.165, 1.54) is 67.9 Å². The molecule has 1 fully saturated rings. The second-order valence-electron chi connectivity index (χ2n) is 11.0. The van der Waals surface area contributed by atoms with Crippen LogP contribution in [0.5, 0.6) is 5.75 Å². The minimum Gasteiger partial charge on any atom is -0.485 e. The molecule has 0 aliphatic carbocycles. The van der Waals surface area contributed by atoms with Gasteiger partial charge in [0.2, 0.25) is 0 Å². The predicted octanol–water partition coefficient (Wildman–Crippen LogP) is 10.0. The van der Waals surface area contributed by atoms with Crippen LogP contribution >= 0.6 is 0 Å². The molecule has 0 saturated carbocycles. The summed E-state index contributed by atoms with van der Waals surface area (Å²) in [6, 6.07) is 14.9. The van der Waals surface area contributed by atoms with Crippen LogP contribution in [-0.4, -0.2) is 21.1 Å². The molecule has 36 heavy (non-hydrogen) atoms. The molecule has 0 aromatic heterocycles. The largest absolute Gasteiger partial charge is 0.485 e. The zero-order valence-electron chi connectivity index (χ0n) is 22.5. The normalized spacial score (nSPS) is 19.7. The zero-order chi connectivity index (χ0) is 25.9. The van der Waals surface area contributed by atoms with Crippen molar-refractivity contribution in [1.29, 1.82) is 0 Å². The van der Waals surface area contributed by atoms with Crippen molar-refractivity contribution in [1.82, 2.24) is 0 Å². The van der Waals surface area contributed by atoms with Crippen molar-refractivity contribution < 1.29 is 17.9 Å². The molecule has 1 aliphatic heterocycles. The summed E-state index contributed by atoms with van der Waals surface area (Å²) in [6.07, 6.45) is 9.86. The second kappa shape index (κ2) is 14.9. The van der Waals surface area contributed by atoms with Gasteiger partial charge < -0.3 is 4.74 Å². The number of rotatable bonds is 14. The summed E-state index contributed by atoms with van der Waals surface area (Å²) >= 11 is 0. The van der Waals surface area contributed by atoms with Gasteiger partial charge in [0.15, 0.2) is 17.4 Å². The van der Waals surface area contributed by atoms with Gasteiger partial charge in [-0.2, -0.15) is 0 Å². The number of hydrogen-bond donors (Lipinski definition) is 0. The van der Waals surface area contributed by atoms with E-state index in [1.807, 2.05) is 19.1 Å². The van der Waals surface area contributed by atoms with E-state index in [2.05, 4.69) is 19.1 Å². The monoisotopic (exact) mass is 518 g/mol. The number of unbranched alkanes of at least 4 members (excludes halogenated alkanes) is 4. The highest BCUT2D eigenvalue weighted by Crippen LogP contribution is 2.37. The molecule has 2 aromatic carbocycles. The Morgan fingerprint density at radius 3 is 2.11 bits per heavy atom. The Morgan fingerprint density at radius 1 is 0.861 bits per heavy atom. The molecule has 1 saturated heterocycles. The fraction of sp³-hybridized carbons (Fsp3) is 0.613. The van der Waals surface area contributed by atoms with Crippen molar-refractivity contribution in [2.45, 2.75) is 121 Å². The number of halogens is 3. The minimum atomic E-state index is -0.707. The summed E-state index contributed by atoms with van der Waals surface area (Å²) in [6.45, 7) is 5.72. The molecule has 1 nitrogen and oxygen atoms in total. The van der Waals surface area contributed by atoms with Crippen LogP contribution in [0.4, 0.5) is 13.2 Å². The Kier molecular flexibility index (Phi) is 11.9. The number of ether oxygens (including phenoxy) is 1. The molecule has 3 rings (SSSR count). The van der Waals surface area contributed by atoms with Crippen LogP contribution in [0, 0.1) is 11.6 Å². The maximum absolute atomic E-state index is 14.8. The number of alkyl halides is 1. The Hall–Kier alpha value is -1.75. The molecular weight excluding hydrogens is 473 g/mol. The topological polar surface area (TPSA) is 9.23 Å². The third-order valence-corrected chi connectivity index (χ3v) is 11.3. The lowest BCUT2D eigenvalue weighted by molar-refractivity contribution is 0.188. The first-order valence-electron chi connectivity index (χ1n) is 14.3. The van der Waals surface area contributed by atoms with Gasteiger partial charge >= 0.3 is 0 Å². The summed E-state index contributed by atoms with van der Waals surface area (Å²) in [5, 5.41) is 0. The van der Waals surface area contributed by atoms with E-state index in [-0.39, 0.29) is 11.9 Å². The van der Waals surface area contributed by atoms with Crippen molar-refractivity contribution in [2.24, 2.45) is 0 Å². The minimum absolute atomic E-state index is 0.217. The Labute approximate surface area is 218 Å². The Balaban J connectivity index is 1.53. The van der Waals surface area contributed by atoms with Gasteiger partial charge in [0.1, 0.15) is 0 Å². The van der Waals surface area contributed by atoms with E-state index >= 15 is 0 Å². The summed E-state index contributed by atoms with van der Waals surface area (Å²) in [5.41, 5.74) is 2.67. The lowest BCUT2D eigenvalue weighted by atomic mass is 9.92. The van der Waals surface area contributed by atoms with E-state index in [4.69, 9.17) is 4.74 Å². The highest BCUT2D eigenvalue weighted by Gasteiger charge is 2.23. The molecule has 0 bridgehead atoms. The van der Waals surface area contributed by atoms with Crippen LogP contribution in [-0.2, 0) is 0 Å². The van der Waals surface area contributed by atoms with Crippen LogP contribution in [0.2, 0.25) is 18.1 Å². The van der Waals surface area contributed by atoms with Gasteiger partial charge in [-0.3, -0.25) is 0 Å². The zero-order valence-corrected chi connectivity index (χ0v) is 23.7. The first kappa shape index (κ1) is 28.8. The summed E-state index contributed by atoms with van der Waals surface area (Å²) in [5.74, 6) is -0.983. The van der Waals surface area contributed by atoms with Gasteiger partial charge in [-0.1, -0.05) is 81.4 Å². The molecule has 2 aromatic rings. The van der Waals surface area contributed by atoms with Gasteiger partial charge in [-0.05, 0) is 80.7 Å². The van der Waals surface area contributed by atoms with Crippen molar-refractivity contribution in [3.63, 3.8) is 0 Å². The van der Waals surface area contributed by atoms with Gasteiger partial charge in [-0.15, -0.1) is 0 Å². The summed E-state index contributed by atoms with van der Waals surface area (Å²) < 4.78 is 48.3. The van der Waals surface area contributed by atoms with E-state index in [0.29, 0.717) is 17.9 Å². The first-order valence-corrected chi connectivity index (χ1v) is 16.7. The predicted molar refractivity (Wildman–Crippen MR) is 149 cm³/mol. The van der Waals surface area contributed by atoms with E-state index in [1.54, 1.807) is 6.92 Å². The van der Waals surface area contributed by atoms with Crippen LogP contribution in [0.15, 0.2) is 36.4 Å². The lowest BCUT2D eigenvalue weighted by Gasteiger charge is -2.28.